The first-order valence-electron chi connectivity index (χ1n) is 6.37. The van der Waals surface area contributed by atoms with Gasteiger partial charge < -0.3 is 9.52 Å². The van der Waals surface area contributed by atoms with Gasteiger partial charge in [0.15, 0.2) is 0 Å². The lowest BCUT2D eigenvalue weighted by Gasteiger charge is -2.00. The van der Waals surface area contributed by atoms with Gasteiger partial charge in [-0.1, -0.05) is 17.7 Å². The minimum absolute atomic E-state index is 0.158. The molecule has 1 heterocycles. The summed E-state index contributed by atoms with van der Waals surface area (Å²) in [6, 6.07) is 5.62. The van der Waals surface area contributed by atoms with Crippen molar-refractivity contribution in [3.8, 4) is 11.5 Å². The molecule has 1 N–H and O–H groups in total. The van der Waals surface area contributed by atoms with Crippen LogP contribution in [0.15, 0.2) is 22.6 Å². The summed E-state index contributed by atoms with van der Waals surface area (Å²) in [5.74, 6) is 0.105. The molecular formula is C14H15ClN2O3. The SMILES string of the molecule is Cc1ccc(-c2nnc(CCCCC(=O)O)o2)c(Cl)c1. The van der Waals surface area contributed by atoms with Gasteiger partial charge in [-0.15, -0.1) is 10.2 Å². The summed E-state index contributed by atoms with van der Waals surface area (Å²) in [4.78, 5) is 10.4. The van der Waals surface area contributed by atoms with Crippen molar-refractivity contribution >= 4 is 17.6 Å². The summed E-state index contributed by atoms with van der Waals surface area (Å²) < 4.78 is 5.54. The quantitative estimate of drug-likeness (QED) is 0.825. The Balaban J connectivity index is 1.99. The van der Waals surface area contributed by atoms with Gasteiger partial charge in [-0.05, 0) is 37.5 Å². The van der Waals surface area contributed by atoms with E-state index in [1.165, 1.54) is 0 Å². The summed E-state index contributed by atoms with van der Waals surface area (Å²) in [6.07, 6.45) is 2.03. The van der Waals surface area contributed by atoms with Crippen LogP contribution in [0.1, 0.15) is 30.7 Å². The molecule has 2 rings (SSSR count). The van der Waals surface area contributed by atoms with Gasteiger partial charge in [0.2, 0.25) is 11.8 Å². The zero-order valence-electron chi connectivity index (χ0n) is 11.1. The van der Waals surface area contributed by atoms with E-state index < -0.39 is 5.97 Å². The maximum absolute atomic E-state index is 10.4. The topological polar surface area (TPSA) is 76.2 Å². The first-order chi connectivity index (χ1) is 9.56. The van der Waals surface area contributed by atoms with Gasteiger partial charge in [-0.25, -0.2) is 0 Å². The van der Waals surface area contributed by atoms with E-state index in [0.717, 1.165) is 5.56 Å². The Morgan fingerprint density at radius 1 is 1.35 bits per heavy atom. The lowest BCUT2D eigenvalue weighted by atomic mass is 10.1. The second kappa shape index (κ2) is 6.52. The van der Waals surface area contributed by atoms with Gasteiger partial charge in [-0.3, -0.25) is 4.79 Å². The molecule has 5 nitrogen and oxygen atoms in total. The Bertz CT molecular complexity index is 610. The van der Waals surface area contributed by atoms with Crippen LogP contribution in [-0.2, 0) is 11.2 Å². The second-order valence-corrected chi connectivity index (χ2v) is 4.99. The van der Waals surface area contributed by atoms with Crippen LogP contribution >= 0.6 is 11.6 Å². The molecule has 0 aliphatic carbocycles. The number of rotatable bonds is 6. The highest BCUT2D eigenvalue weighted by Crippen LogP contribution is 2.27. The summed E-state index contributed by atoms with van der Waals surface area (Å²) in [7, 11) is 0. The molecule has 0 radical (unpaired) electrons. The molecule has 6 heteroatoms. The first kappa shape index (κ1) is 14.5. The Morgan fingerprint density at radius 3 is 2.85 bits per heavy atom. The maximum atomic E-state index is 10.4. The Labute approximate surface area is 121 Å². The van der Waals surface area contributed by atoms with E-state index in [2.05, 4.69) is 10.2 Å². The van der Waals surface area contributed by atoms with Crippen molar-refractivity contribution in [3.63, 3.8) is 0 Å². The molecule has 1 aromatic heterocycles. The van der Waals surface area contributed by atoms with E-state index in [9.17, 15) is 4.79 Å². The normalized spacial score (nSPS) is 10.7. The molecule has 20 heavy (non-hydrogen) atoms. The van der Waals surface area contributed by atoms with E-state index in [-0.39, 0.29) is 6.42 Å². The molecule has 0 spiro atoms. The third kappa shape index (κ3) is 3.81. The van der Waals surface area contributed by atoms with Crippen molar-refractivity contribution in [1.29, 1.82) is 0 Å². The molecule has 0 unspecified atom stereocenters. The Morgan fingerprint density at radius 2 is 2.15 bits per heavy atom. The molecule has 0 atom stereocenters. The molecule has 0 bridgehead atoms. The number of hydrogen-bond acceptors (Lipinski definition) is 4. The predicted octanol–water partition coefficient (Wildman–Crippen LogP) is 3.50. The summed E-state index contributed by atoms with van der Waals surface area (Å²) >= 11 is 6.14. The van der Waals surface area contributed by atoms with Crippen LogP contribution < -0.4 is 0 Å². The van der Waals surface area contributed by atoms with E-state index in [1.807, 2.05) is 25.1 Å². The average molecular weight is 295 g/mol. The standard InChI is InChI=1S/C14H15ClN2O3/c1-9-6-7-10(11(15)8-9)14-17-16-12(20-14)4-2-3-5-13(18)19/h6-8H,2-5H2,1H3,(H,18,19). The Kier molecular flexibility index (Phi) is 4.74. The zero-order chi connectivity index (χ0) is 14.5. The smallest absolute Gasteiger partial charge is 0.303 e. The molecule has 0 saturated heterocycles. The van der Waals surface area contributed by atoms with Gasteiger partial charge in [0.1, 0.15) is 0 Å². The third-order valence-electron chi connectivity index (χ3n) is 2.85. The van der Waals surface area contributed by atoms with Crippen molar-refractivity contribution in [3.05, 3.63) is 34.7 Å². The van der Waals surface area contributed by atoms with Gasteiger partial charge in [-0.2, -0.15) is 0 Å². The van der Waals surface area contributed by atoms with Crippen LogP contribution in [0.5, 0.6) is 0 Å². The second-order valence-electron chi connectivity index (χ2n) is 4.59. The van der Waals surface area contributed by atoms with Gasteiger partial charge in [0.25, 0.3) is 0 Å². The number of carboxylic acids is 1. The van der Waals surface area contributed by atoms with Crippen LogP contribution in [0.3, 0.4) is 0 Å². The fourth-order valence-electron chi connectivity index (χ4n) is 1.81. The molecule has 1 aromatic carbocycles. The number of hydrogen-bond donors (Lipinski definition) is 1. The maximum Gasteiger partial charge on any atom is 0.303 e. The summed E-state index contributed by atoms with van der Waals surface area (Å²) in [6.45, 7) is 1.96. The number of carbonyl (C=O) groups is 1. The zero-order valence-corrected chi connectivity index (χ0v) is 11.9. The molecule has 0 fully saturated rings. The summed E-state index contributed by atoms with van der Waals surface area (Å²) in [5, 5.41) is 17.0. The highest BCUT2D eigenvalue weighted by molar-refractivity contribution is 6.33. The Hall–Kier alpha value is -1.88. The third-order valence-corrected chi connectivity index (χ3v) is 3.17. The van der Waals surface area contributed by atoms with Crippen LogP contribution in [0, 0.1) is 6.92 Å². The van der Waals surface area contributed by atoms with Crippen LogP contribution in [0.25, 0.3) is 11.5 Å². The van der Waals surface area contributed by atoms with Crippen molar-refractivity contribution in [2.45, 2.75) is 32.6 Å². The highest BCUT2D eigenvalue weighted by Gasteiger charge is 2.12. The number of aromatic nitrogens is 2. The van der Waals surface area contributed by atoms with Crippen molar-refractivity contribution in [2.24, 2.45) is 0 Å². The van der Waals surface area contributed by atoms with Gasteiger partial charge in [0, 0.05) is 12.8 Å². The largest absolute Gasteiger partial charge is 0.481 e. The number of nitrogens with zero attached hydrogens (tertiary/aromatic N) is 2. The van der Waals surface area contributed by atoms with E-state index in [4.69, 9.17) is 21.1 Å². The lowest BCUT2D eigenvalue weighted by molar-refractivity contribution is -0.137. The van der Waals surface area contributed by atoms with E-state index in [1.54, 1.807) is 0 Å². The van der Waals surface area contributed by atoms with Crippen molar-refractivity contribution < 1.29 is 14.3 Å². The monoisotopic (exact) mass is 294 g/mol. The van der Waals surface area contributed by atoms with Gasteiger partial charge >= 0.3 is 5.97 Å². The van der Waals surface area contributed by atoms with Gasteiger partial charge in [0.05, 0.1) is 10.6 Å². The molecule has 0 saturated carbocycles. The first-order valence-corrected chi connectivity index (χ1v) is 6.75. The molecule has 106 valence electrons. The minimum atomic E-state index is -0.789. The van der Waals surface area contributed by atoms with E-state index >= 15 is 0 Å². The number of carboxylic acid groups (broad SMARTS) is 1. The number of halogens is 1. The molecule has 2 aromatic rings. The van der Waals surface area contributed by atoms with Crippen molar-refractivity contribution in [1.82, 2.24) is 10.2 Å². The van der Waals surface area contributed by atoms with Crippen LogP contribution in [-0.4, -0.2) is 21.3 Å². The number of unbranched alkanes of at least 4 members (excludes halogenated alkanes) is 1. The fraction of sp³-hybridized carbons (Fsp3) is 0.357. The summed E-state index contributed by atoms with van der Waals surface area (Å²) in [5.41, 5.74) is 1.77. The molecule has 0 amide bonds. The number of aliphatic carboxylic acids is 1. The van der Waals surface area contributed by atoms with Crippen LogP contribution in [0.2, 0.25) is 5.02 Å². The molecule has 0 aliphatic heterocycles. The van der Waals surface area contributed by atoms with Crippen molar-refractivity contribution in [2.75, 3.05) is 0 Å². The number of aryl methyl sites for hydroxylation is 2. The lowest BCUT2D eigenvalue weighted by Crippen LogP contribution is -1.95. The fourth-order valence-corrected chi connectivity index (χ4v) is 2.13. The predicted molar refractivity (Wildman–Crippen MR) is 74.7 cm³/mol. The highest BCUT2D eigenvalue weighted by atomic mass is 35.5. The average Bonchev–Trinajstić information content (AvgIpc) is 2.83. The number of benzene rings is 1. The minimum Gasteiger partial charge on any atom is -0.481 e. The molecular weight excluding hydrogens is 280 g/mol. The molecule has 0 aliphatic rings. The van der Waals surface area contributed by atoms with E-state index in [0.29, 0.717) is 41.6 Å². The van der Waals surface area contributed by atoms with Crippen LogP contribution in [0.4, 0.5) is 0 Å².